The van der Waals surface area contributed by atoms with Crippen LogP contribution in [0.1, 0.15) is 18.4 Å². The molecule has 3 heterocycles. The highest BCUT2D eigenvalue weighted by atomic mass is 35.5. The molecule has 24 heavy (non-hydrogen) atoms. The van der Waals surface area contributed by atoms with Gasteiger partial charge in [-0.2, -0.15) is 0 Å². The number of nitrogens with zero attached hydrogens (tertiary/aromatic N) is 3. The molecular weight excluding hydrogens is 346 g/mol. The van der Waals surface area contributed by atoms with E-state index in [-0.39, 0.29) is 5.91 Å². The predicted octanol–water partition coefficient (Wildman–Crippen LogP) is 3.10. The van der Waals surface area contributed by atoms with Crippen LogP contribution in [-0.4, -0.2) is 47.1 Å². The van der Waals surface area contributed by atoms with Crippen LogP contribution in [-0.2, 0) is 11.3 Å². The minimum absolute atomic E-state index is 0.116. The maximum Gasteiger partial charge on any atom is 0.228 e. The van der Waals surface area contributed by atoms with Crippen molar-refractivity contribution in [2.45, 2.75) is 19.4 Å². The number of halogens is 1. The summed E-state index contributed by atoms with van der Waals surface area (Å²) in [4.78, 5) is 21.3. The zero-order chi connectivity index (χ0) is 16.5. The first kappa shape index (κ1) is 15.8. The van der Waals surface area contributed by atoms with E-state index in [0.717, 1.165) is 41.7 Å². The minimum atomic E-state index is 0.116. The van der Waals surface area contributed by atoms with Gasteiger partial charge in [0.2, 0.25) is 5.91 Å². The molecule has 0 aromatic heterocycles. The van der Waals surface area contributed by atoms with Crippen LogP contribution in [0.15, 0.2) is 34.3 Å². The molecule has 0 saturated carbocycles. The third kappa shape index (κ3) is 3.13. The van der Waals surface area contributed by atoms with E-state index in [2.05, 4.69) is 15.3 Å². The van der Waals surface area contributed by atoms with Crippen LogP contribution < -0.4 is 4.74 Å². The molecule has 0 spiro atoms. The topological polar surface area (TPSA) is 45.1 Å². The Bertz CT molecular complexity index is 735. The van der Waals surface area contributed by atoms with Crippen molar-refractivity contribution in [3.8, 4) is 5.75 Å². The molecule has 0 saturated heterocycles. The summed E-state index contributed by atoms with van der Waals surface area (Å²) in [5.74, 6) is 0.931. The van der Waals surface area contributed by atoms with E-state index in [4.69, 9.17) is 16.3 Å². The van der Waals surface area contributed by atoms with E-state index < -0.39 is 0 Å². The Kier molecular flexibility index (Phi) is 4.41. The lowest BCUT2D eigenvalue weighted by Gasteiger charge is -2.27. The van der Waals surface area contributed by atoms with Gasteiger partial charge in [-0.25, -0.2) is 0 Å². The Labute approximate surface area is 150 Å². The van der Waals surface area contributed by atoms with E-state index in [1.165, 1.54) is 0 Å². The number of carbonyl (C=O) groups is 1. The molecule has 0 aliphatic carbocycles. The first-order chi connectivity index (χ1) is 11.7. The minimum Gasteiger partial charge on any atom is -0.491 e. The summed E-state index contributed by atoms with van der Waals surface area (Å²) in [5.41, 5.74) is 2.02. The summed E-state index contributed by atoms with van der Waals surface area (Å²) in [5, 5.41) is 3.75. The number of rotatable bonds is 2. The molecule has 7 heteroatoms. The van der Waals surface area contributed by atoms with Crippen molar-refractivity contribution in [2.75, 3.05) is 26.2 Å². The van der Waals surface area contributed by atoms with E-state index in [1.807, 2.05) is 23.1 Å². The summed E-state index contributed by atoms with van der Waals surface area (Å²) < 4.78 is 5.74. The summed E-state index contributed by atoms with van der Waals surface area (Å²) in [6.07, 6.45) is 1.45. The number of carbonyl (C=O) groups excluding carboxylic acids is 1. The van der Waals surface area contributed by atoms with Crippen molar-refractivity contribution in [1.29, 1.82) is 0 Å². The lowest BCUT2D eigenvalue weighted by atomic mass is 10.1. The lowest BCUT2D eigenvalue weighted by Crippen LogP contribution is -2.36. The highest BCUT2D eigenvalue weighted by Crippen LogP contribution is 2.32. The van der Waals surface area contributed by atoms with Gasteiger partial charge in [0.05, 0.1) is 13.0 Å². The smallest absolute Gasteiger partial charge is 0.228 e. The van der Waals surface area contributed by atoms with Gasteiger partial charge >= 0.3 is 0 Å². The Balaban J connectivity index is 1.47. The second kappa shape index (κ2) is 6.69. The van der Waals surface area contributed by atoms with Crippen LogP contribution in [0, 0.1) is 0 Å². The average Bonchev–Trinajstić information content (AvgIpc) is 2.86. The van der Waals surface area contributed by atoms with Crippen molar-refractivity contribution in [1.82, 2.24) is 9.80 Å². The largest absolute Gasteiger partial charge is 0.491 e. The van der Waals surface area contributed by atoms with Gasteiger partial charge in [0.1, 0.15) is 12.4 Å². The summed E-state index contributed by atoms with van der Waals surface area (Å²) >= 11 is 7.70. The van der Waals surface area contributed by atoms with Crippen LogP contribution in [0.4, 0.5) is 0 Å². The molecule has 0 fully saturated rings. The van der Waals surface area contributed by atoms with E-state index in [9.17, 15) is 4.79 Å². The quantitative estimate of drug-likeness (QED) is 0.810. The Morgan fingerprint density at radius 2 is 2.29 bits per heavy atom. The number of thioether (sulfide) groups is 1. The summed E-state index contributed by atoms with van der Waals surface area (Å²) in [7, 11) is 0. The van der Waals surface area contributed by atoms with Crippen molar-refractivity contribution >= 4 is 34.4 Å². The van der Waals surface area contributed by atoms with Gasteiger partial charge in [0.25, 0.3) is 0 Å². The molecule has 1 amide bonds. The molecule has 1 aromatic rings. The third-order valence-electron chi connectivity index (χ3n) is 4.35. The lowest BCUT2D eigenvalue weighted by molar-refractivity contribution is -0.131. The van der Waals surface area contributed by atoms with Crippen molar-refractivity contribution < 1.29 is 9.53 Å². The predicted molar refractivity (Wildman–Crippen MR) is 96.3 cm³/mol. The van der Waals surface area contributed by atoms with Crippen molar-refractivity contribution in [3.05, 3.63) is 39.9 Å². The van der Waals surface area contributed by atoms with E-state index >= 15 is 0 Å². The van der Waals surface area contributed by atoms with Crippen molar-refractivity contribution in [2.24, 2.45) is 4.99 Å². The van der Waals surface area contributed by atoms with Gasteiger partial charge in [-0.05, 0) is 30.0 Å². The van der Waals surface area contributed by atoms with Crippen LogP contribution in [0.3, 0.4) is 0 Å². The number of ether oxygens (including phenoxy) is 1. The third-order valence-corrected chi connectivity index (χ3v) is 5.54. The number of amidine groups is 1. The molecule has 0 atom stereocenters. The van der Waals surface area contributed by atoms with Crippen LogP contribution >= 0.6 is 23.4 Å². The van der Waals surface area contributed by atoms with E-state index in [0.29, 0.717) is 31.1 Å². The van der Waals surface area contributed by atoms with Gasteiger partial charge < -0.3 is 14.5 Å². The standard InChI is InChI=1S/C17H18ClN3O2S/c18-13-2-3-15-12(8-13)10-20(6-7-23-15)16(22)9-14-11-24-17-19-4-1-5-21(14)17/h2-3,8,11H,1,4-7,9-10H2. The van der Waals surface area contributed by atoms with Crippen LogP contribution in [0.5, 0.6) is 5.75 Å². The first-order valence-electron chi connectivity index (χ1n) is 8.07. The Hall–Kier alpha value is -1.66. The zero-order valence-electron chi connectivity index (χ0n) is 13.2. The second-order valence-electron chi connectivity index (χ2n) is 5.99. The number of hydrogen-bond donors (Lipinski definition) is 0. The number of fused-ring (bicyclic) bond motifs is 2. The molecule has 0 bridgehead atoms. The van der Waals surface area contributed by atoms with E-state index in [1.54, 1.807) is 11.8 Å². The molecule has 3 aliphatic heterocycles. The second-order valence-corrected chi connectivity index (χ2v) is 7.26. The zero-order valence-corrected chi connectivity index (χ0v) is 14.8. The van der Waals surface area contributed by atoms with Crippen LogP contribution in [0.25, 0.3) is 0 Å². The molecule has 1 aromatic carbocycles. The number of aliphatic imine (C=N–C) groups is 1. The fourth-order valence-corrected chi connectivity index (χ4v) is 4.26. The Morgan fingerprint density at radius 1 is 1.38 bits per heavy atom. The van der Waals surface area contributed by atoms with Gasteiger partial charge in [-0.1, -0.05) is 23.4 Å². The molecule has 0 unspecified atom stereocenters. The Morgan fingerprint density at radius 3 is 3.21 bits per heavy atom. The molecule has 0 N–H and O–H groups in total. The van der Waals surface area contributed by atoms with Gasteiger partial charge in [-0.15, -0.1) is 0 Å². The highest BCUT2D eigenvalue weighted by Gasteiger charge is 2.28. The summed E-state index contributed by atoms with van der Waals surface area (Å²) in [6.45, 7) is 3.47. The summed E-state index contributed by atoms with van der Waals surface area (Å²) in [6, 6.07) is 5.57. The highest BCUT2D eigenvalue weighted by molar-refractivity contribution is 8.16. The maximum absolute atomic E-state index is 12.8. The van der Waals surface area contributed by atoms with Crippen molar-refractivity contribution in [3.63, 3.8) is 0 Å². The normalized spacial score (nSPS) is 19.7. The molecule has 0 radical (unpaired) electrons. The molecule has 5 nitrogen and oxygen atoms in total. The maximum atomic E-state index is 12.8. The number of amides is 1. The van der Waals surface area contributed by atoms with Gasteiger partial charge in [0, 0.05) is 35.9 Å². The number of benzene rings is 1. The fourth-order valence-electron chi connectivity index (χ4n) is 3.12. The number of hydrogen-bond acceptors (Lipinski definition) is 5. The first-order valence-corrected chi connectivity index (χ1v) is 9.33. The fraction of sp³-hybridized carbons (Fsp3) is 0.412. The molecule has 126 valence electrons. The van der Waals surface area contributed by atoms with Gasteiger partial charge in [-0.3, -0.25) is 9.79 Å². The van der Waals surface area contributed by atoms with Gasteiger partial charge in [0.15, 0.2) is 5.17 Å². The molecule has 3 aliphatic rings. The monoisotopic (exact) mass is 363 g/mol. The molecule has 4 rings (SSSR count). The average molecular weight is 364 g/mol. The van der Waals surface area contributed by atoms with Crippen LogP contribution in [0.2, 0.25) is 5.02 Å². The molecular formula is C17H18ClN3O2S. The SMILES string of the molecule is O=C(CC1=CSC2=NCCCN12)N1CCOc2ccc(Cl)cc2C1.